The molecule has 0 saturated carbocycles. The second-order valence-electron chi connectivity index (χ2n) is 7.29. The van der Waals surface area contributed by atoms with E-state index in [9.17, 15) is 5.11 Å². The normalized spacial score (nSPS) is 12.2. The minimum absolute atomic E-state index is 0.299. The average molecular weight is 387 g/mol. The molecular formula is C24H25N3O2. The van der Waals surface area contributed by atoms with Crippen LogP contribution in [0.3, 0.4) is 0 Å². The van der Waals surface area contributed by atoms with Gasteiger partial charge in [0.25, 0.3) is 0 Å². The first-order valence-electron chi connectivity index (χ1n) is 9.67. The molecule has 0 amide bonds. The van der Waals surface area contributed by atoms with Crippen molar-refractivity contribution >= 4 is 11.0 Å². The van der Waals surface area contributed by atoms with Gasteiger partial charge in [0.15, 0.2) is 0 Å². The Morgan fingerprint density at radius 1 is 0.931 bits per heavy atom. The third kappa shape index (κ3) is 3.82. The van der Waals surface area contributed by atoms with Gasteiger partial charge < -0.3 is 19.0 Å². The summed E-state index contributed by atoms with van der Waals surface area (Å²) in [6, 6.07) is 23.8. The van der Waals surface area contributed by atoms with Gasteiger partial charge in [-0.15, -0.1) is 0 Å². The molecule has 4 rings (SSSR count). The molecule has 0 spiro atoms. The Labute approximate surface area is 169 Å². The molecule has 0 aliphatic rings. The molecule has 0 bridgehead atoms. The van der Waals surface area contributed by atoms with Crippen LogP contribution >= 0.6 is 0 Å². The van der Waals surface area contributed by atoms with E-state index < -0.39 is 6.10 Å². The fraction of sp³-hybridized carbons (Fsp3) is 0.208. The van der Waals surface area contributed by atoms with Gasteiger partial charge in [-0.3, -0.25) is 5.41 Å². The maximum Gasteiger partial charge on any atom is 0.203 e. The molecule has 5 nitrogen and oxygen atoms in total. The van der Waals surface area contributed by atoms with Gasteiger partial charge in [0, 0.05) is 0 Å². The molecule has 29 heavy (non-hydrogen) atoms. The first kappa shape index (κ1) is 19.0. The molecule has 1 atom stereocenters. The van der Waals surface area contributed by atoms with Crippen molar-refractivity contribution in [2.45, 2.75) is 26.1 Å². The van der Waals surface area contributed by atoms with E-state index in [1.807, 2.05) is 57.7 Å². The number of aliphatic hydroxyl groups is 1. The number of hydrogen-bond donors (Lipinski definition) is 2. The van der Waals surface area contributed by atoms with E-state index in [1.165, 1.54) is 5.56 Å². The number of imidazole rings is 1. The summed E-state index contributed by atoms with van der Waals surface area (Å²) in [5, 5.41) is 19.6. The Kier molecular flexibility index (Phi) is 5.23. The standard InChI is InChI=1S/C24H25N3O2/c1-17-10-12-18(13-11-17)15-26-21-8-3-4-9-22(21)27(24(26)25)16-23(28)19-6-5-7-20(14-19)29-2/h3-14,23,25,28H,15-16H2,1-2H3. The molecule has 1 aromatic heterocycles. The summed E-state index contributed by atoms with van der Waals surface area (Å²) in [6.07, 6.45) is -0.738. The Hall–Kier alpha value is -3.31. The molecule has 148 valence electrons. The summed E-state index contributed by atoms with van der Waals surface area (Å²) >= 11 is 0. The van der Waals surface area contributed by atoms with Gasteiger partial charge in [-0.1, -0.05) is 54.1 Å². The molecule has 0 radical (unpaired) electrons. The molecule has 4 aromatic rings. The second-order valence-corrected chi connectivity index (χ2v) is 7.29. The quantitative estimate of drug-likeness (QED) is 0.525. The maximum atomic E-state index is 10.8. The van der Waals surface area contributed by atoms with E-state index in [-0.39, 0.29) is 0 Å². The molecule has 1 unspecified atom stereocenters. The van der Waals surface area contributed by atoms with E-state index in [0.29, 0.717) is 24.5 Å². The van der Waals surface area contributed by atoms with E-state index in [1.54, 1.807) is 7.11 Å². The van der Waals surface area contributed by atoms with E-state index in [4.69, 9.17) is 10.1 Å². The topological polar surface area (TPSA) is 63.2 Å². The number of methoxy groups -OCH3 is 1. The number of nitrogens with zero attached hydrogens (tertiary/aromatic N) is 2. The fourth-order valence-electron chi connectivity index (χ4n) is 3.64. The van der Waals surface area contributed by atoms with Gasteiger partial charge in [0.2, 0.25) is 5.62 Å². The molecule has 0 aliphatic carbocycles. The Balaban J connectivity index is 1.72. The first-order chi connectivity index (χ1) is 14.1. The minimum atomic E-state index is -0.738. The van der Waals surface area contributed by atoms with Crippen molar-refractivity contribution < 1.29 is 9.84 Å². The molecule has 5 heteroatoms. The van der Waals surface area contributed by atoms with Crippen LogP contribution < -0.4 is 10.4 Å². The van der Waals surface area contributed by atoms with Crippen LogP contribution in [0.25, 0.3) is 11.0 Å². The Morgan fingerprint density at radius 2 is 1.62 bits per heavy atom. The zero-order valence-electron chi connectivity index (χ0n) is 16.7. The molecule has 0 aliphatic heterocycles. The number of hydrogen-bond acceptors (Lipinski definition) is 3. The minimum Gasteiger partial charge on any atom is -0.497 e. The molecule has 0 fully saturated rings. The van der Waals surface area contributed by atoms with Gasteiger partial charge in [0.05, 0.1) is 37.3 Å². The highest BCUT2D eigenvalue weighted by atomic mass is 16.5. The van der Waals surface area contributed by atoms with Crippen LogP contribution in [0.2, 0.25) is 0 Å². The van der Waals surface area contributed by atoms with Gasteiger partial charge >= 0.3 is 0 Å². The summed E-state index contributed by atoms with van der Waals surface area (Å²) in [4.78, 5) is 0. The van der Waals surface area contributed by atoms with Gasteiger partial charge in [-0.05, 0) is 42.3 Å². The Bertz CT molecular complexity index is 1190. The van der Waals surface area contributed by atoms with Crippen molar-refractivity contribution in [3.63, 3.8) is 0 Å². The molecule has 3 aromatic carbocycles. The predicted molar refractivity (Wildman–Crippen MR) is 114 cm³/mol. The lowest BCUT2D eigenvalue weighted by Crippen LogP contribution is -2.27. The zero-order chi connectivity index (χ0) is 20.4. The number of rotatable bonds is 6. The van der Waals surface area contributed by atoms with E-state index in [2.05, 4.69) is 31.2 Å². The molecule has 0 saturated heterocycles. The summed E-state index contributed by atoms with van der Waals surface area (Å²) in [7, 11) is 1.61. The number of benzene rings is 3. The van der Waals surface area contributed by atoms with Crippen molar-refractivity contribution in [1.82, 2.24) is 9.13 Å². The SMILES string of the molecule is COc1cccc(C(O)Cn2c(=N)n(Cc3ccc(C)cc3)c3ccccc32)c1. The molecule has 1 heterocycles. The second kappa shape index (κ2) is 7.97. The number of aromatic nitrogens is 2. The van der Waals surface area contributed by atoms with Crippen LogP contribution in [0, 0.1) is 12.3 Å². The van der Waals surface area contributed by atoms with Crippen molar-refractivity contribution in [1.29, 1.82) is 5.41 Å². The van der Waals surface area contributed by atoms with Crippen molar-refractivity contribution in [3.8, 4) is 5.75 Å². The predicted octanol–water partition coefficient (Wildman–Crippen LogP) is 4.02. The number of para-hydroxylation sites is 2. The number of fused-ring (bicyclic) bond motifs is 1. The fourth-order valence-corrected chi connectivity index (χ4v) is 3.64. The largest absolute Gasteiger partial charge is 0.497 e. The summed E-state index contributed by atoms with van der Waals surface area (Å²) in [5.41, 5.74) is 5.42. The number of ether oxygens (including phenoxy) is 1. The van der Waals surface area contributed by atoms with Crippen LogP contribution in [0.5, 0.6) is 5.75 Å². The number of nitrogens with one attached hydrogen (secondary N) is 1. The summed E-state index contributed by atoms with van der Waals surface area (Å²) in [6.45, 7) is 2.98. The monoisotopic (exact) mass is 387 g/mol. The van der Waals surface area contributed by atoms with Crippen molar-refractivity contribution in [3.05, 3.63) is 95.1 Å². The lowest BCUT2D eigenvalue weighted by molar-refractivity contribution is 0.155. The van der Waals surface area contributed by atoms with Crippen LogP contribution in [-0.2, 0) is 13.1 Å². The molecular weight excluding hydrogens is 362 g/mol. The lowest BCUT2D eigenvalue weighted by Gasteiger charge is -2.14. The van der Waals surface area contributed by atoms with Gasteiger partial charge in [-0.25, -0.2) is 0 Å². The van der Waals surface area contributed by atoms with Crippen LogP contribution in [-0.4, -0.2) is 21.4 Å². The first-order valence-corrected chi connectivity index (χ1v) is 9.67. The maximum absolute atomic E-state index is 10.8. The number of aryl methyl sites for hydroxylation is 1. The van der Waals surface area contributed by atoms with Crippen molar-refractivity contribution in [2.24, 2.45) is 0 Å². The van der Waals surface area contributed by atoms with Gasteiger partial charge in [0.1, 0.15) is 5.75 Å². The third-order valence-electron chi connectivity index (χ3n) is 5.27. The zero-order valence-corrected chi connectivity index (χ0v) is 16.7. The smallest absolute Gasteiger partial charge is 0.203 e. The highest BCUT2D eigenvalue weighted by Crippen LogP contribution is 2.22. The van der Waals surface area contributed by atoms with Crippen LogP contribution in [0.15, 0.2) is 72.8 Å². The molecule has 2 N–H and O–H groups in total. The Morgan fingerprint density at radius 3 is 2.31 bits per heavy atom. The average Bonchev–Trinajstić information content (AvgIpc) is 3.01. The highest BCUT2D eigenvalue weighted by molar-refractivity contribution is 5.76. The number of aliphatic hydroxyl groups excluding tert-OH is 1. The lowest BCUT2D eigenvalue weighted by atomic mass is 10.1. The van der Waals surface area contributed by atoms with E-state index >= 15 is 0 Å². The van der Waals surface area contributed by atoms with Crippen molar-refractivity contribution in [2.75, 3.05) is 7.11 Å². The van der Waals surface area contributed by atoms with Crippen LogP contribution in [0.1, 0.15) is 22.8 Å². The summed E-state index contributed by atoms with van der Waals surface area (Å²) in [5.74, 6) is 0.708. The van der Waals surface area contributed by atoms with Crippen LogP contribution in [0.4, 0.5) is 0 Å². The van der Waals surface area contributed by atoms with E-state index in [0.717, 1.165) is 22.2 Å². The third-order valence-corrected chi connectivity index (χ3v) is 5.27. The summed E-state index contributed by atoms with van der Waals surface area (Å²) < 4.78 is 9.12. The highest BCUT2D eigenvalue weighted by Gasteiger charge is 2.16. The van der Waals surface area contributed by atoms with Gasteiger partial charge in [-0.2, -0.15) is 0 Å².